The number of hydrogen-bond donors (Lipinski definition) is 1. The number of aryl methyl sites for hydroxylation is 1. The van der Waals surface area contributed by atoms with E-state index in [2.05, 4.69) is 10.4 Å². The highest BCUT2D eigenvalue weighted by molar-refractivity contribution is 6.43. The van der Waals surface area contributed by atoms with Crippen LogP contribution in [0.3, 0.4) is 0 Å². The second-order valence-corrected chi connectivity index (χ2v) is 7.30. The molecular formula is C23H22F3N3O3. The Hall–Kier alpha value is -3.62. The van der Waals surface area contributed by atoms with Crippen LogP contribution in [-0.4, -0.2) is 34.1 Å². The van der Waals surface area contributed by atoms with Gasteiger partial charge in [0, 0.05) is 0 Å². The van der Waals surface area contributed by atoms with Gasteiger partial charge < -0.3 is 10.1 Å². The molecule has 0 aliphatic carbocycles. The summed E-state index contributed by atoms with van der Waals surface area (Å²) in [6.07, 6.45) is -4.56. The second-order valence-electron chi connectivity index (χ2n) is 7.30. The molecule has 9 heteroatoms. The maximum atomic E-state index is 13.1. The molecule has 1 amide bonds. The van der Waals surface area contributed by atoms with Gasteiger partial charge in [-0.1, -0.05) is 30.3 Å². The highest BCUT2D eigenvalue weighted by Crippen LogP contribution is 2.35. The van der Waals surface area contributed by atoms with E-state index in [1.54, 1.807) is 18.5 Å². The van der Waals surface area contributed by atoms with Crippen molar-refractivity contribution < 1.29 is 27.5 Å². The molecule has 168 valence electrons. The number of Topliss-reactive ketones (excluding diaryl/α,β-unsaturated/α-hetero) is 1. The van der Waals surface area contributed by atoms with E-state index in [1.807, 2.05) is 30.3 Å². The van der Waals surface area contributed by atoms with E-state index in [1.165, 1.54) is 25.1 Å². The lowest BCUT2D eigenvalue weighted by molar-refractivity contribution is -0.139. The maximum Gasteiger partial charge on any atom is 0.419 e. The summed E-state index contributed by atoms with van der Waals surface area (Å²) in [6, 6.07) is 13.3. The van der Waals surface area contributed by atoms with Crippen LogP contribution in [0.5, 0.6) is 5.75 Å². The third-order valence-corrected chi connectivity index (χ3v) is 4.78. The number of alkyl halides is 3. The minimum Gasteiger partial charge on any atom is -0.491 e. The lowest BCUT2D eigenvalue weighted by Crippen LogP contribution is -2.41. The van der Waals surface area contributed by atoms with Gasteiger partial charge in [0.25, 0.3) is 11.7 Å². The first-order chi connectivity index (χ1) is 15.1. The van der Waals surface area contributed by atoms with Gasteiger partial charge in [-0.15, -0.1) is 0 Å². The monoisotopic (exact) mass is 445 g/mol. The number of carbonyl (C=O) groups is 2. The number of ether oxygens (including phenoxy) is 1. The average Bonchev–Trinajstić information content (AvgIpc) is 3.05. The molecule has 1 heterocycles. The van der Waals surface area contributed by atoms with Crippen LogP contribution >= 0.6 is 0 Å². The van der Waals surface area contributed by atoms with Crippen LogP contribution in [0.1, 0.15) is 34.2 Å². The zero-order valence-electron chi connectivity index (χ0n) is 17.7. The van der Waals surface area contributed by atoms with E-state index in [0.29, 0.717) is 11.4 Å². The number of carbonyl (C=O) groups excluding carboxylic acids is 2. The molecular weight excluding hydrogens is 423 g/mol. The number of para-hydroxylation sites is 2. The standard InChI is InChI=1S/C23H22F3N3O3/c1-14(13-32-19-12-8-7-11-18(19)23(24,25)26)27-22(31)21(30)20-15(2)28-29(16(20)3)17-9-5-4-6-10-17/h4-12,14H,13H2,1-3H3,(H,27,31). The number of hydrogen-bond acceptors (Lipinski definition) is 4. The Morgan fingerprint density at radius 3 is 2.34 bits per heavy atom. The third kappa shape index (κ3) is 4.99. The number of aromatic nitrogens is 2. The number of nitrogens with one attached hydrogen (secondary N) is 1. The van der Waals surface area contributed by atoms with Crippen LogP contribution in [0.25, 0.3) is 5.69 Å². The topological polar surface area (TPSA) is 73.2 Å². The van der Waals surface area contributed by atoms with Gasteiger partial charge in [-0.05, 0) is 45.0 Å². The summed E-state index contributed by atoms with van der Waals surface area (Å²) >= 11 is 0. The van der Waals surface area contributed by atoms with Crippen molar-refractivity contribution >= 4 is 11.7 Å². The normalized spacial score (nSPS) is 12.3. The van der Waals surface area contributed by atoms with Gasteiger partial charge >= 0.3 is 6.18 Å². The predicted octanol–water partition coefficient (Wildman–Crippen LogP) is 4.27. The lowest BCUT2D eigenvalue weighted by Gasteiger charge is -2.17. The molecule has 0 fully saturated rings. The van der Waals surface area contributed by atoms with Gasteiger partial charge in [0.2, 0.25) is 0 Å². The van der Waals surface area contributed by atoms with Gasteiger partial charge in [0.1, 0.15) is 12.4 Å². The van der Waals surface area contributed by atoms with Crippen molar-refractivity contribution in [3.05, 3.63) is 77.1 Å². The quantitative estimate of drug-likeness (QED) is 0.435. The van der Waals surface area contributed by atoms with Gasteiger partial charge in [-0.3, -0.25) is 9.59 Å². The number of benzene rings is 2. The zero-order valence-corrected chi connectivity index (χ0v) is 17.7. The fourth-order valence-electron chi connectivity index (χ4n) is 3.28. The molecule has 0 saturated carbocycles. The first-order valence-corrected chi connectivity index (χ1v) is 9.85. The number of ketones is 1. The maximum absolute atomic E-state index is 13.1. The minimum absolute atomic E-state index is 0.182. The Bertz CT molecular complexity index is 1120. The van der Waals surface area contributed by atoms with Gasteiger partial charge in [-0.2, -0.15) is 18.3 Å². The molecule has 0 aliphatic rings. The van der Waals surface area contributed by atoms with Crippen LogP contribution < -0.4 is 10.1 Å². The third-order valence-electron chi connectivity index (χ3n) is 4.78. The summed E-state index contributed by atoms with van der Waals surface area (Å²) in [4.78, 5) is 25.3. The fourth-order valence-corrected chi connectivity index (χ4v) is 3.28. The van der Waals surface area contributed by atoms with Crippen molar-refractivity contribution in [2.75, 3.05) is 6.61 Å². The van der Waals surface area contributed by atoms with Crippen molar-refractivity contribution in [3.63, 3.8) is 0 Å². The van der Waals surface area contributed by atoms with Crippen molar-refractivity contribution in [1.82, 2.24) is 15.1 Å². The predicted molar refractivity (Wildman–Crippen MR) is 112 cm³/mol. The second kappa shape index (κ2) is 9.25. The molecule has 32 heavy (non-hydrogen) atoms. The van der Waals surface area contributed by atoms with E-state index in [9.17, 15) is 22.8 Å². The first-order valence-electron chi connectivity index (χ1n) is 9.85. The van der Waals surface area contributed by atoms with Crippen molar-refractivity contribution in [2.45, 2.75) is 33.0 Å². The van der Waals surface area contributed by atoms with E-state index in [-0.39, 0.29) is 17.9 Å². The smallest absolute Gasteiger partial charge is 0.419 e. The number of halogens is 3. The van der Waals surface area contributed by atoms with Crippen molar-refractivity contribution in [1.29, 1.82) is 0 Å². The molecule has 1 aromatic heterocycles. The van der Waals surface area contributed by atoms with Gasteiger partial charge in [0.05, 0.1) is 34.2 Å². The van der Waals surface area contributed by atoms with Crippen LogP contribution in [0.4, 0.5) is 13.2 Å². The summed E-state index contributed by atoms with van der Waals surface area (Å²) in [7, 11) is 0. The zero-order chi connectivity index (χ0) is 23.5. The fraction of sp³-hybridized carbons (Fsp3) is 0.261. The summed E-state index contributed by atoms with van der Waals surface area (Å²) < 4.78 is 46.1. The van der Waals surface area contributed by atoms with Crippen LogP contribution in [0.15, 0.2) is 54.6 Å². The summed E-state index contributed by atoms with van der Waals surface area (Å²) in [5.41, 5.74) is 0.931. The van der Waals surface area contributed by atoms with Crippen LogP contribution in [0.2, 0.25) is 0 Å². The Morgan fingerprint density at radius 1 is 1.06 bits per heavy atom. The van der Waals surface area contributed by atoms with Gasteiger partial charge in [0.15, 0.2) is 0 Å². The average molecular weight is 445 g/mol. The molecule has 3 rings (SSSR count). The molecule has 0 bridgehead atoms. The molecule has 1 unspecified atom stereocenters. The largest absolute Gasteiger partial charge is 0.491 e. The Labute approximate surface area is 183 Å². The molecule has 6 nitrogen and oxygen atoms in total. The number of amides is 1. The molecule has 2 aromatic carbocycles. The summed E-state index contributed by atoms with van der Waals surface area (Å²) in [5, 5.41) is 6.83. The Morgan fingerprint density at radius 2 is 1.69 bits per heavy atom. The SMILES string of the molecule is Cc1nn(-c2ccccc2)c(C)c1C(=O)C(=O)NC(C)COc1ccccc1C(F)(F)F. The van der Waals surface area contributed by atoms with Crippen molar-refractivity contribution in [2.24, 2.45) is 0 Å². The molecule has 1 atom stereocenters. The molecule has 0 spiro atoms. The molecule has 3 aromatic rings. The molecule has 0 aliphatic heterocycles. The Balaban J connectivity index is 1.68. The van der Waals surface area contributed by atoms with Crippen LogP contribution in [0, 0.1) is 13.8 Å². The van der Waals surface area contributed by atoms with E-state index in [4.69, 9.17) is 4.74 Å². The Kier molecular flexibility index (Phi) is 6.67. The van der Waals surface area contributed by atoms with E-state index in [0.717, 1.165) is 11.8 Å². The van der Waals surface area contributed by atoms with Gasteiger partial charge in [-0.25, -0.2) is 4.68 Å². The first kappa shape index (κ1) is 23.1. The van der Waals surface area contributed by atoms with Crippen molar-refractivity contribution in [3.8, 4) is 11.4 Å². The summed E-state index contributed by atoms with van der Waals surface area (Å²) in [6.45, 7) is 4.61. The summed E-state index contributed by atoms with van der Waals surface area (Å²) in [5.74, 6) is -2.00. The number of nitrogens with zero attached hydrogens (tertiary/aromatic N) is 2. The molecule has 0 saturated heterocycles. The highest BCUT2D eigenvalue weighted by Gasteiger charge is 2.34. The van der Waals surface area contributed by atoms with E-state index < -0.39 is 29.5 Å². The minimum atomic E-state index is -4.56. The number of rotatable bonds is 7. The van der Waals surface area contributed by atoms with E-state index >= 15 is 0 Å². The highest BCUT2D eigenvalue weighted by atomic mass is 19.4. The molecule has 0 radical (unpaired) electrons. The van der Waals surface area contributed by atoms with Crippen LogP contribution in [-0.2, 0) is 11.0 Å². The molecule has 1 N–H and O–H groups in total. The lowest BCUT2D eigenvalue weighted by atomic mass is 10.1.